The van der Waals surface area contributed by atoms with E-state index in [0.29, 0.717) is 19.8 Å². The molecular weight excluding hydrogens is 175 g/mol. The van der Waals surface area contributed by atoms with Crippen LogP contribution in [0.1, 0.15) is 20.8 Å². The molecule has 0 bridgehead atoms. The van der Waals surface area contributed by atoms with Gasteiger partial charge in [-0.25, -0.2) is 0 Å². The largest absolute Gasteiger partial charge is 1.00 e. The molecule has 0 amide bonds. The van der Waals surface area contributed by atoms with Crippen LogP contribution in [0.4, 0.5) is 0 Å². The van der Waals surface area contributed by atoms with Gasteiger partial charge in [-0.3, -0.25) is 0 Å². The Morgan fingerprint density at radius 1 is 0.818 bits per heavy atom. The Hall–Kier alpha value is 1.23. The molecule has 0 radical (unpaired) electrons. The maximum Gasteiger partial charge on any atom is 1.00 e. The van der Waals surface area contributed by atoms with E-state index in [-0.39, 0.29) is 29.6 Å². The van der Waals surface area contributed by atoms with Crippen molar-refractivity contribution in [2.75, 3.05) is 19.8 Å². The molecule has 0 unspecified atom stereocenters. The Labute approximate surface area is 94.0 Å². The van der Waals surface area contributed by atoms with Gasteiger partial charge in [0.25, 0.3) is 0 Å². The molecule has 0 aromatic rings. The molecule has 5 heteroatoms. The van der Waals surface area contributed by atoms with E-state index in [9.17, 15) is 0 Å². The van der Waals surface area contributed by atoms with E-state index in [2.05, 4.69) is 0 Å². The van der Waals surface area contributed by atoms with E-state index in [1.165, 1.54) is 0 Å². The first-order chi connectivity index (χ1) is 4.85. The third kappa shape index (κ3) is 9.14. The van der Waals surface area contributed by atoms with Crippen molar-refractivity contribution in [3.63, 3.8) is 0 Å². The molecule has 0 saturated carbocycles. The second-order valence-corrected chi connectivity index (χ2v) is 2.54. The fraction of sp³-hybridized carbons (Fsp3) is 1.00. The summed E-state index contributed by atoms with van der Waals surface area (Å²) >= 11 is -0.725. The molecule has 0 aliphatic heterocycles. The maximum absolute atomic E-state index is 5.11. The normalized spacial score (nSPS) is 9.82. The SMILES string of the molecule is CCO[S+](OCC)OCC.[Na+]. The molecule has 0 heterocycles. The Kier molecular flexibility index (Phi) is 15.0. The first-order valence-corrected chi connectivity index (χ1v) is 4.49. The summed E-state index contributed by atoms with van der Waals surface area (Å²) in [5, 5.41) is 0. The summed E-state index contributed by atoms with van der Waals surface area (Å²) in [6.07, 6.45) is 0. The van der Waals surface area contributed by atoms with Gasteiger partial charge in [0.05, 0.1) is 0 Å². The fourth-order valence-corrected chi connectivity index (χ4v) is 1.17. The molecule has 0 aliphatic carbocycles. The molecule has 62 valence electrons. The van der Waals surface area contributed by atoms with Crippen LogP contribution in [0.2, 0.25) is 0 Å². The quantitative estimate of drug-likeness (QED) is 0.375. The number of rotatable bonds is 6. The minimum absolute atomic E-state index is 0. The van der Waals surface area contributed by atoms with Crippen molar-refractivity contribution in [2.45, 2.75) is 20.8 Å². The van der Waals surface area contributed by atoms with Crippen LogP contribution in [0.15, 0.2) is 0 Å². The molecule has 0 fully saturated rings. The smallest absolute Gasteiger partial charge is 0.109 e. The van der Waals surface area contributed by atoms with E-state index >= 15 is 0 Å². The summed E-state index contributed by atoms with van der Waals surface area (Å²) < 4.78 is 15.3. The Bertz CT molecular complexity index is 60.6. The Balaban J connectivity index is 0. The van der Waals surface area contributed by atoms with Gasteiger partial charge >= 0.3 is 41.3 Å². The van der Waals surface area contributed by atoms with Crippen LogP contribution in [0.25, 0.3) is 0 Å². The second kappa shape index (κ2) is 11.2. The van der Waals surface area contributed by atoms with Gasteiger partial charge in [-0.05, 0) is 20.8 Å². The molecule has 0 atom stereocenters. The van der Waals surface area contributed by atoms with Crippen LogP contribution < -0.4 is 29.6 Å². The average molecular weight is 190 g/mol. The summed E-state index contributed by atoms with van der Waals surface area (Å²) in [7, 11) is 0. The van der Waals surface area contributed by atoms with Crippen molar-refractivity contribution in [1.29, 1.82) is 0 Å². The predicted octanol–water partition coefficient (Wildman–Crippen LogP) is -1.54. The van der Waals surface area contributed by atoms with Gasteiger partial charge in [0.2, 0.25) is 0 Å². The van der Waals surface area contributed by atoms with Gasteiger partial charge in [0.1, 0.15) is 19.8 Å². The van der Waals surface area contributed by atoms with Crippen LogP contribution in [-0.4, -0.2) is 19.8 Å². The molecular formula is C6H15NaO3S+2. The summed E-state index contributed by atoms with van der Waals surface area (Å²) in [6, 6.07) is 0. The molecule has 0 N–H and O–H groups in total. The molecule has 3 nitrogen and oxygen atoms in total. The standard InChI is InChI=1S/C6H15O3S.Na/c1-4-7-10(8-5-2)9-6-3;/h4-6H2,1-3H3;/q2*+1. The van der Waals surface area contributed by atoms with E-state index in [1.54, 1.807) is 0 Å². The Morgan fingerprint density at radius 3 is 1.27 bits per heavy atom. The van der Waals surface area contributed by atoms with E-state index < -0.39 is 11.7 Å². The second-order valence-electron chi connectivity index (χ2n) is 1.42. The molecule has 0 saturated heterocycles. The van der Waals surface area contributed by atoms with Gasteiger partial charge < -0.3 is 0 Å². The van der Waals surface area contributed by atoms with Crippen LogP contribution in [0, 0.1) is 0 Å². The zero-order chi connectivity index (χ0) is 7.82. The zero-order valence-corrected chi connectivity index (χ0v) is 10.6. The van der Waals surface area contributed by atoms with Crippen molar-refractivity contribution in [3.05, 3.63) is 0 Å². The summed E-state index contributed by atoms with van der Waals surface area (Å²) in [5.41, 5.74) is 0. The molecule has 11 heavy (non-hydrogen) atoms. The van der Waals surface area contributed by atoms with E-state index in [4.69, 9.17) is 12.5 Å². The van der Waals surface area contributed by atoms with Gasteiger partial charge in [-0.15, -0.1) is 12.5 Å². The molecule has 0 aromatic carbocycles. The van der Waals surface area contributed by atoms with Gasteiger partial charge in [-0.1, -0.05) is 0 Å². The summed E-state index contributed by atoms with van der Waals surface area (Å²) in [6.45, 7) is 7.63. The van der Waals surface area contributed by atoms with Gasteiger partial charge in [0.15, 0.2) is 0 Å². The first-order valence-electron chi connectivity index (χ1n) is 3.49. The molecule has 0 rings (SSSR count). The monoisotopic (exact) mass is 190 g/mol. The maximum atomic E-state index is 5.11. The van der Waals surface area contributed by atoms with Crippen LogP contribution in [0.3, 0.4) is 0 Å². The van der Waals surface area contributed by atoms with Crippen molar-refractivity contribution >= 4 is 11.7 Å². The van der Waals surface area contributed by atoms with E-state index in [0.717, 1.165) is 0 Å². The van der Waals surface area contributed by atoms with Crippen LogP contribution in [0.5, 0.6) is 0 Å². The van der Waals surface area contributed by atoms with Crippen molar-refractivity contribution < 1.29 is 42.1 Å². The minimum atomic E-state index is -0.725. The van der Waals surface area contributed by atoms with E-state index in [1.807, 2.05) is 20.8 Å². The van der Waals surface area contributed by atoms with Gasteiger partial charge in [-0.2, -0.15) is 0 Å². The third-order valence-electron chi connectivity index (χ3n) is 0.642. The predicted molar refractivity (Wildman–Crippen MR) is 42.2 cm³/mol. The van der Waals surface area contributed by atoms with Gasteiger partial charge in [0, 0.05) is 0 Å². The third-order valence-corrected chi connectivity index (χ3v) is 1.93. The van der Waals surface area contributed by atoms with Crippen LogP contribution >= 0.6 is 0 Å². The van der Waals surface area contributed by atoms with Crippen LogP contribution in [-0.2, 0) is 24.3 Å². The minimum Gasteiger partial charge on any atom is -0.109 e. The van der Waals surface area contributed by atoms with Crippen molar-refractivity contribution in [1.82, 2.24) is 0 Å². The topological polar surface area (TPSA) is 27.7 Å². The van der Waals surface area contributed by atoms with Crippen molar-refractivity contribution in [2.24, 2.45) is 0 Å². The Morgan fingerprint density at radius 2 is 1.09 bits per heavy atom. The molecule has 0 aromatic heterocycles. The number of hydrogen-bond acceptors (Lipinski definition) is 3. The summed E-state index contributed by atoms with van der Waals surface area (Å²) in [5.74, 6) is 0. The number of hydrogen-bond donors (Lipinski definition) is 0. The fourth-order valence-electron chi connectivity index (χ4n) is 0.391. The van der Waals surface area contributed by atoms with Crippen molar-refractivity contribution in [3.8, 4) is 0 Å². The summed E-state index contributed by atoms with van der Waals surface area (Å²) in [4.78, 5) is 0. The first kappa shape index (κ1) is 14.7. The zero-order valence-electron chi connectivity index (χ0n) is 7.75. The molecule has 0 aliphatic rings. The average Bonchev–Trinajstić information content (AvgIpc) is 1.90. The molecule has 0 spiro atoms.